The monoisotopic (exact) mass is 191 g/mol. The molecule has 0 aromatic carbocycles. The molecule has 3 N–H and O–H groups in total. The molecule has 4 nitrogen and oxygen atoms in total. The summed E-state index contributed by atoms with van der Waals surface area (Å²) in [5.74, 6) is -0.747. The van der Waals surface area contributed by atoms with Gasteiger partial charge in [0.1, 0.15) is 6.04 Å². The fourth-order valence-electron chi connectivity index (χ4n) is 0.990. The van der Waals surface area contributed by atoms with Crippen LogP contribution < -0.4 is 5.32 Å². The lowest BCUT2D eigenvalue weighted by atomic mass is 10.1. The van der Waals surface area contributed by atoms with Gasteiger partial charge in [-0.25, -0.2) is 0 Å². The van der Waals surface area contributed by atoms with E-state index in [1.807, 2.05) is 0 Å². The molecule has 0 aliphatic carbocycles. The molecule has 0 rings (SSSR count). The maximum atomic E-state index is 10.5. The van der Waals surface area contributed by atoms with Gasteiger partial charge in [0.25, 0.3) is 0 Å². The summed E-state index contributed by atoms with van der Waals surface area (Å²) in [6.45, 7) is 2.11. The van der Waals surface area contributed by atoms with Crippen molar-refractivity contribution in [2.24, 2.45) is 0 Å². The maximum Gasteiger partial charge on any atom is 0.320 e. The van der Waals surface area contributed by atoms with E-state index >= 15 is 0 Å². The van der Waals surface area contributed by atoms with Crippen LogP contribution in [0.3, 0.4) is 0 Å². The van der Waals surface area contributed by atoms with Gasteiger partial charge < -0.3 is 15.5 Å². The van der Waals surface area contributed by atoms with Gasteiger partial charge in [0.05, 0.1) is 0 Å². The highest BCUT2D eigenvalue weighted by Gasteiger charge is 2.12. The van der Waals surface area contributed by atoms with Crippen molar-refractivity contribution in [1.29, 1.82) is 0 Å². The van der Waals surface area contributed by atoms with E-state index in [9.17, 15) is 4.79 Å². The first-order chi connectivity index (χ1) is 6.22. The van der Waals surface area contributed by atoms with E-state index in [-0.39, 0.29) is 6.04 Å². The third-order valence-corrected chi connectivity index (χ3v) is 1.74. The number of hydrogen-bond donors (Lipinski definition) is 3. The highest BCUT2D eigenvalue weighted by Crippen LogP contribution is 2.02. The molecule has 0 aliphatic heterocycles. The van der Waals surface area contributed by atoms with Crippen LogP contribution in [0.2, 0.25) is 0 Å². The average Bonchev–Trinajstić information content (AvgIpc) is 2.15. The summed E-state index contributed by atoms with van der Waals surface area (Å²) >= 11 is 0. The van der Waals surface area contributed by atoms with Crippen LogP contribution in [0.15, 0.2) is 0 Å². The van der Waals surface area contributed by atoms with Gasteiger partial charge in [0.15, 0.2) is 0 Å². The minimum Gasteiger partial charge on any atom is -0.480 e. The number of unbranched alkanes of at least 4 members (excludes halogenated alkanes) is 2. The van der Waals surface area contributed by atoms with E-state index in [4.69, 9.17) is 10.2 Å². The molecule has 0 radical (unpaired) electrons. The molecule has 80 valence electrons. The van der Waals surface area contributed by atoms with Crippen molar-refractivity contribution in [1.82, 2.24) is 5.32 Å². The van der Waals surface area contributed by atoms with E-state index in [0.717, 1.165) is 32.8 Å². The van der Waals surface area contributed by atoms with Crippen molar-refractivity contribution in [2.75, 3.05) is 14.2 Å². The number of rotatable bonds is 6. The summed E-state index contributed by atoms with van der Waals surface area (Å²) in [7, 11) is 2.69. The van der Waals surface area contributed by atoms with Crippen molar-refractivity contribution in [3.05, 3.63) is 0 Å². The van der Waals surface area contributed by atoms with Crippen LogP contribution in [0.5, 0.6) is 0 Å². The fourth-order valence-corrected chi connectivity index (χ4v) is 0.990. The van der Waals surface area contributed by atoms with Crippen molar-refractivity contribution in [3.63, 3.8) is 0 Å². The molecule has 13 heavy (non-hydrogen) atoms. The Balaban J connectivity index is 0. The van der Waals surface area contributed by atoms with E-state index < -0.39 is 5.97 Å². The highest BCUT2D eigenvalue weighted by molar-refractivity contribution is 5.73. The highest BCUT2D eigenvalue weighted by atomic mass is 16.4. The van der Waals surface area contributed by atoms with Crippen molar-refractivity contribution in [2.45, 2.75) is 38.6 Å². The van der Waals surface area contributed by atoms with Crippen LogP contribution >= 0.6 is 0 Å². The zero-order chi connectivity index (χ0) is 10.7. The average molecular weight is 191 g/mol. The molecule has 0 aromatic rings. The van der Waals surface area contributed by atoms with Gasteiger partial charge in [0, 0.05) is 7.11 Å². The van der Waals surface area contributed by atoms with Gasteiger partial charge in [-0.05, 0) is 13.5 Å². The first-order valence-corrected chi connectivity index (χ1v) is 4.57. The number of carboxylic acid groups (broad SMARTS) is 1. The first kappa shape index (κ1) is 14.9. The Labute approximate surface area is 80.0 Å². The van der Waals surface area contributed by atoms with Crippen LogP contribution in [-0.2, 0) is 4.79 Å². The minimum atomic E-state index is -0.747. The van der Waals surface area contributed by atoms with Crippen LogP contribution in [0, 0.1) is 0 Å². The molecule has 0 aromatic heterocycles. The number of likely N-dealkylation sites (N-methyl/N-ethyl adjacent to an activating group) is 1. The molecule has 1 unspecified atom stereocenters. The topological polar surface area (TPSA) is 69.6 Å². The number of aliphatic hydroxyl groups is 1. The van der Waals surface area contributed by atoms with Gasteiger partial charge >= 0.3 is 5.97 Å². The quantitative estimate of drug-likeness (QED) is 0.544. The molecule has 1 atom stereocenters. The van der Waals surface area contributed by atoms with Crippen LogP contribution in [0.1, 0.15) is 32.6 Å². The van der Waals surface area contributed by atoms with Crippen LogP contribution in [0.4, 0.5) is 0 Å². The van der Waals surface area contributed by atoms with Crippen LogP contribution in [0.25, 0.3) is 0 Å². The maximum absolute atomic E-state index is 10.5. The van der Waals surface area contributed by atoms with Gasteiger partial charge in [-0.15, -0.1) is 0 Å². The van der Waals surface area contributed by atoms with Gasteiger partial charge in [0.2, 0.25) is 0 Å². The minimum absolute atomic E-state index is 0.360. The SMILES string of the molecule is CCCCCC(NC)C(=O)O.CO. The predicted octanol–water partition coefficient (Wildman–Crippen LogP) is 0.848. The van der Waals surface area contributed by atoms with Gasteiger partial charge in [-0.2, -0.15) is 0 Å². The third-order valence-electron chi connectivity index (χ3n) is 1.74. The first-order valence-electron chi connectivity index (χ1n) is 4.57. The summed E-state index contributed by atoms with van der Waals surface area (Å²) in [5, 5.41) is 18.4. The molecule has 0 heterocycles. The van der Waals surface area contributed by atoms with E-state index in [1.165, 1.54) is 0 Å². The molecule has 0 saturated heterocycles. The zero-order valence-corrected chi connectivity index (χ0v) is 8.71. The number of aliphatic carboxylic acids is 1. The molecular weight excluding hydrogens is 170 g/mol. The lowest BCUT2D eigenvalue weighted by molar-refractivity contribution is -0.139. The molecule has 0 bridgehead atoms. The Morgan fingerprint density at radius 3 is 2.23 bits per heavy atom. The summed E-state index contributed by atoms with van der Waals surface area (Å²) < 4.78 is 0. The standard InChI is InChI=1S/C8H17NO2.CH4O/c1-3-4-5-6-7(9-2)8(10)11;1-2/h7,9H,3-6H2,1-2H3,(H,10,11);2H,1H3. The second-order valence-electron chi connectivity index (χ2n) is 2.68. The molecule has 0 aliphatic rings. The fraction of sp³-hybridized carbons (Fsp3) is 0.889. The number of hydrogen-bond acceptors (Lipinski definition) is 3. The third kappa shape index (κ3) is 9.30. The zero-order valence-electron chi connectivity index (χ0n) is 8.71. The lowest BCUT2D eigenvalue weighted by Gasteiger charge is -2.09. The van der Waals surface area contributed by atoms with Crippen molar-refractivity contribution < 1.29 is 15.0 Å². The summed E-state index contributed by atoms with van der Waals surface area (Å²) in [4.78, 5) is 10.5. The van der Waals surface area contributed by atoms with Crippen LogP contribution in [-0.4, -0.2) is 36.4 Å². The summed E-state index contributed by atoms with van der Waals surface area (Å²) in [6.07, 6.45) is 3.98. The molecule has 0 spiro atoms. The summed E-state index contributed by atoms with van der Waals surface area (Å²) in [5.41, 5.74) is 0. The van der Waals surface area contributed by atoms with Gasteiger partial charge in [-0.1, -0.05) is 26.2 Å². The molecule has 0 fully saturated rings. The largest absolute Gasteiger partial charge is 0.480 e. The molecule has 0 saturated carbocycles. The Morgan fingerprint density at radius 2 is 1.92 bits per heavy atom. The Hall–Kier alpha value is -0.610. The lowest BCUT2D eigenvalue weighted by Crippen LogP contribution is -2.33. The second kappa shape index (κ2) is 11.4. The molecule has 4 heteroatoms. The van der Waals surface area contributed by atoms with E-state index in [1.54, 1.807) is 7.05 Å². The number of nitrogens with one attached hydrogen (secondary N) is 1. The molecular formula is C9H21NO3. The Bertz CT molecular complexity index is 117. The number of carboxylic acids is 1. The normalized spacial score (nSPS) is 11.4. The Kier molecular flexibility index (Phi) is 13.0. The number of aliphatic hydroxyl groups excluding tert-OH is 1. The van der Waals surface area contributed by atoms with Gasteiger partial charge in [-0.3, -0.25) is 4.79 Å². The Morgan fingerprint density at radius 1 is 1.38 bits per heavy atom. The van der Waals surface area contributed by atoms with E-state index in [0.29, 0.717) is 0 Å². The number of carbonyl (C=O) groups is 1. The van der Waals surface area contributed by atoms with E-state index in [2.05, 4.69) is 12.2 Å². The molecule has 0 amide bonds. The van der Waals surface area contributed by atoms with Crippen molar-refractivity contribution in [3.8, 4) is 0 Å². The predicted molar refractivity (Wildman–Crippen MR) is 52.8 cm³/mol. The second-order valence-corrected chi connectivity index (χ2v) is 2.68. The summed E-state index contributed by atoms with van der Waals surface area (Å²) in [6, 6.07) is -0.360. The smallest absolute Gasteiger partial charge is 0.320 e. The van der Waals surface area contributed by atoms with Crippen molar-refractivity contribution >= 4 is 5.97 Å².